The highest BCUT2D eigenvalue weighted by molar-refractivity contribution is 5.69. The van der Waals surface area contributed by atoms with Crippen molar-refractivity contribution in [2.24, 2.45) is 0 Å². The van der Waals surface area contributed by atoms with Gasteiger partial charge in [-0.05, 0) is 38.4 Å². The molecule has 0 bridgehead atoms. The van der Waals surface area contributed by atoms with Gasteiger partial charge < -0.3 is 20.3 Å². The Morgan fingerprint density at radius 1 is 0.912 bits per heavy atom. The summed E-state index contributed by atoms with van der Waals surface area (Å²) in [6.07, 6.45) is -9.48. The fraction of sp³-hybridized carbons (Fsp3) is 0.273. The zero-order valence-corrected chi connectivity index (χ0v) is 18.1. The number of rotatable bonds is 8. The van der Waals surface area contributed by atoms with Crippen LogP contribution in [-0.4, -0.2) is 48.4 Å². The standard InChI is InChI=1S/C22H21F6N5O/c1-33(2)11-10-29-20-31-18(14-6-5-7-15(12-14)34-22(26,27)28)13-19(32-20)30-17-9-4-3-8-16(17)21(23,24)25/h3-9,12-13H,10-11H2,1-2H3,(H2,29,30,31,32). The SMILES string of the molecule is CN(C)CCNc1nc(Nc2ccccc2C(F)(F)F)cc(-c2cccc(OC(F)(F)F)c2)n1. The normalized spacial score (nSPS) is 12.0. The minimum absolute atomic E-state index is 0.0243. The van der Waals surface area contributed by atoms with E-state index < -0.39 is 23.9 Å². The van der Waals surface area contributed by atoms with Gasteiger partial charge in [-0.1, -0.05) is 24.3 Å². The summed E-state index contributed by atoms with van der Waals surface area (Å²) in [5.74, 6) is -0.340. The molecule has 0 aliphatic rings. The van der Waals surface area contributed by atoms with Gasteiger partial charge in [0.05, 0.1) is 16.9 Å². The Morgan fingerprint density at radius 3 is 2.32 bits per heavy atom. The van der Waals surface area contributed by atoms with Gasteiger partial charge in [-0.2, -0.15) is 18.2 Å². The fourth-order valence-corrected chi connectivity index (χ4v) is 2.96. The third kappa shape index (κ3) is 7.24. The molecular weight excluding hydrogens is 464 g/mol. The van der Waals surface area contributed by atoms with Crippen molar-refractivity contribution in [1.82, 2.24) is 14.9 Å². The first-order valence-corrected chi connectivity index (χ1v) is 9.98. The Hall–Kier alpha value is -3.54. The van der Waals surface area contributed by atoms with E-state index in [1.165, 1.54) is 36.4 Å². The Morgan fingerprint density at radius 2 is 1.65 bits per heavy atom. The van der Waals surface area contributed by atoms with Gasteiger partial charge in [-0.25, -0.2) is 4.98 Å². The monoisotopic (exact) mass is 485 g/mol. The molecule has 0 atom stereocenters. The van der Waals surface area contributed by atoms with Crippen LogP contribution in [0.5, 0.6) is 5.75 Å². The number of benzene rings is 2. The Bertz CT molecular complexity index is 1120. The minimum Gasteiger partial charge on any atom is -0.406 e. The molecule has 0 unspecified atom stereocenters. The first kappa shape index (κ1) is 25.1. The molecule has 3 rings (SSSR count). The lowest BCUT2D eigenvalue weighted by molar-refractivity contribution is -0.274. The number of anilines is 3. The molecule has 12 heteroatoms. The Labute approximate surface area is 191 Å². The molecule has 0 amide bonds. The van der Waals surface area contributed by atoms with Crippen molar-refractivity contribution < 1.29 is 31.1 Å². The Kier molecular flexibility index (Phi) is 7.50. The molecule has 3 aromatic rings. The van der Waals surface area contributed by atoms with Crippen molar-refractivity contribution in [3.8, 4) is 17.0 Å². The topological polar surface area (TPSA) is 62.3 Å². The van der Waals surface area contributed by atoms with Crippen molar-refractivity contribution in [2.75, 3.05) is 37.8 Å². The van der Waals surface area contributed by atoms with Gasteiger partial charge in [0.25, 0.3) is 0 Å². The second kappa shape index (κ2) is 10.2. The van der Waals surface area contributed by atoms with Crippen LogP contribution in [0.25, 0.3) is 11.3 Å². The zero-order chi connectivity index (χ0) is 24.9. The minimum atomic E-state index is -4.88. The fourth-order valence-electron chi connectivity index (χ4n) is 2.96. The molecule has 2 aromatic carbocycles. The maximum atomic E-state index is 13.4. The first-order chi connectivity index (χ1) is 15.9. The number of ether oxygens (including phenoxy) is 1. The average molecular weight is 485 g/mol. The van der Waals surface area contributed by atoms with Crippen molar-refractivity contribution in [2.45, 2.75) is 12.5 Å². The lowest BCUT2D eigenvalue weighted by Crippen LogP contribution is -2.21. The van der Waals surface area contributed by atoms with E-state index in [0.717, 1.165) is 18.2 Å². The van der Waals surface area contributed by atoms with Crippen molar-refractivity contribution in [3.05, 3.63) is 60.2 Å². The van der Waals surface area contributed by atoms with E-state index in [0.29, 0.717) is 13.1 Å². The van der Waals surface area contributed by atoms with Crippen LogP contribution in [-0.2, 0) is 6.18 Å². The van der Waals surface area contributed by atoms with Crippen LogP contribution in [0.1, 0.15) is 5.56 Å². The van der Waals surface area contributed by atoms with Crippen LogP contribution in [0, 0.1) is 0 Å². The highest BCUT2D eigenvalue weighted by Gasteiger charge is 2.33. The maximum absolute atomic E-state index is 13.4. The van der Waals surface area contributed by atoms with Crippen molar-refractivity contribution in [3.63, 3.8) is 0 Å². The second-order valence-corrected chi connectivity index (χ2v) is 7.44. The summed E-state index contributed by atoms with van der Waals surface area (Å²) in [5.41, 5.74) is -0.681. The molecule has 0 spiro atoms. The van der Waals surface area contributed by atoms with Crippen LogP contribution < -0.4 is 15.4 Å². The molecule has 2 N–H and O–H groups in total. The summed E-state index contributed by atoms with van der Waals surface area (Å²) in [6.45, 7) is 1.04. The molecular formula is C22H21F6N5O. The lowest BCUT2D eigenvalue weighted by Gasteiger charge is -2.16. The molecule has 0 radical (unpaired) electrons. The Balaban J connectivity index is 1.99. The summed E-state index contributed by atoms with van der Waals surface area (Å²) in [5, 5.41) is 5.62. The number of halogens is 6. The third-order valence-electron chi connectivity index (χ3n) is 4.43. The maximum Gasteiger partial charge on any atom is 0.573 e. The molecule has 0 saturated heterocycles. The summed E-state index contributed by atoms with van der Waals surface area (Å²) in [7, 11) is 3.71. The summed E-state index contributed by atoms with van der Waals surface area (Å²) in [4.78, 5) is 10.4. The second-order valence-electron chi connectivity index (χ2n) is 7.44. The number of nitrogens with zero attached hydrogens (tertiary/aromatic N) is 3. The number of aromatic nitrogens is 2. The number of hydrogen-bond acceptors (Lipinski definition) is 6. The number of nitrogens with one attached hydrogen (secondary N) is 2. The number of alkyl halides is 6. The quantitative estimate of drug-likeness (QED) is 0.395. The van der Waals surface area contributed by atoms with Gasteiger partial charge >= 0.3 is 12.5 Å². The smallest absolute Gasteiger partial charge is 0.406 e. The van der Waals surface area contributed by atoms with E-state index in [2.05, 4.69) is 25.3 Å². The van der Waals surface area contributed by atoms with E-state index in [-0.39, 0.29) is 28.7 Å². The predicted octanol–water partition coefficient (Wildman–Crippen LogP) is 5.78. The van der Waals surface area contributed by atoms with E-state index in [1.54, 1.807) is 0 Å². The van der Waals surface area contributed by atoms with Crippen LogP contribution in [0.3, 0.4) is 0 Å². The summed E-state index contributed by atoms with van der Waals surface area (Å²) in [6, 6.07) is 11.3. The molecule has 0 aliphatic heterocycles. The number of likely N-dealkylation sites (N-methyl/N-ethyl adjacent to an activating group) is 1. The van der Waals surface area contributed by atoms with E-state index >= 15 is 0 Å². The van der Waals surface area contributed by atoms with Gasteiger partial charge in [0.15, 0.2) is 0 Å². The predicted molar refractivity (Wildman–Crippen MR) is 116 cm³/mol. The van der Waals surface area contributed by atoms with Crippen LogP contribution >= 0.6 is 0 Å². The van der Waals surface area contributed by atoms with Gasteiger partial charge in [0, 0.05) is 24.7 Å². The zero-order valence-electron chi connectivity index (χ0n) is 18.1. The first-order valence-electron chi connectivity index (χ1n) is 9.98. The van der Waals surface area contributed by atoms with E-state index in [9.17, 15) is 26.3 Å². The molecule has 34 heavy (non-hydrogen) atoms. The number of para-hydroxylation sites is 1. The molecule has 1 aromatic heterocycles. The summed E-state index contributed by atoms with van der Waals surface area (Å²) >= 11 is 0. The molecule has 182 valence electrons. The van der Waals surface area contributed by atoms with Crippen LogP contribution in [0.15, 0.2) is 54.6 Å². The highest BCUT2D eigenvalue weighted by atomic mass is 19.4. The van der Waals surface area contributed by atoms with Crippen LogP contribution in [0.2, 0.25) is 0 Å². The third-order valence-corrected chi connectivity index (χ3v) is 4.43. The van der Waals surface area contributed by atoms with Gasteiger partial charge in [0.1, 0.15) is 11.6 Å². The molecule has 0 saturated carbocycles. The molecule has 6 nitrogen and oxygen atoms in total. The summed E-state index contributed by atoms with van der Waals surface area (Å²) < 4.78 is 82.0. The van der Waals surface area contributed by atoms with Crippen LogP contribution in [0.4, 0.5) is 43.8 Å². The molecule has 0 aliphatic carbocycles. The highest BCUT2D eigenvalue weighted by Crippen LogP contribution is 2.36. The number of hydrogen-bond donors (Lipinski definition) is 2. The lowest BCUT2D eigenvalue weighted by atomic mass is 10.1. The van der Waals surface area contributed by atoms with Gasteiger partial charge in [0.2, 0.25) is 5.95 Å². The average Bonchev–Trinajstić information content (AvgIpc) is 2.72. The molecule has 0 fully saturated rings. The van der Waals surface area contributed by atoms with E-state index in [4.69, 9.17) is 0 Å². The van der Waals surface area contributed by atoms with Gasteiger partial charge in [-0.15, -0.1) is 13.2 Å². The largest absolute Gasteiger partial charge is 0.573 e. The van der Waals surface area contributed by atoms with Crippen molar-refractivity contribution in [1.29, 1.82) is 0 Å². The van der Waals surface area contributed by atoms with Crippen molar-refractivity contribution >= 4 is 17.5 Å². The van der Waals surface area contributed by atoms with Gasteiger partial charge in [-0.3, -0.25) is 0 Å². The van der Waals surface area contributed by atoms with E-state index in [1.807, 2.05) is 19.0 Å². The molecule has 1 heterocycles.